The Bertz CT molecular complexity index is 1180. The second kappa shape index (κ2) is 9.28. The minimum absolute atomic E-state index is 0.0157. The van der Waals surface area contributed by atoms with Crippen LogP contribution in [0.4, 0.5) is 11.6 Å². The first-order valence-corrected chi connectivity index (χ1v) is 11.0. The summed E-state index contributed by atoms with van der Waals surface area (Å²) >= 11 is 0. The zero-order valence-electron chi connectivity index (χ0n) is 18.4. The van der Waals surface area contributed by atoms with Gasteiger partial charge in [-0.15, -0.1) is 0 Å². The van der Waals surface area contributed by atoms with Gasteiger partial charge in [0.15, 0.2) is 0 Å². The molecule has 1 saturated heterocycles. The first-order chi connectivity index (χ1) is 16.2. The number of ether oxygens (including phenoxy) is 2. The Labute approximate surface area is 192 Å². The van der Waals surface area contributed by atoms with Gasteiger partial charge in [0.1, 0.15) is 29.7 Å². The average molecular weight is 444 g/mol. The maximum absolute atomic E-state index is 13.3. The third kappa shape index (κ3) is 4.64. The van der Waals surface area contributed by atoms with E-state index in [0.717, 1.165) is 42.1 Å². The van der Waals surface area contributed by atoms with Crippen LogP contribution in [0.3, 0.4) is 0 Å². The minimum atomic E-state index is 0.0157. The predicted molar refractivity (Wildman–Crippen MR) is 125 cm³/mol. The first kappa shape index (κ1) is 20.9. The molecule has 1 atom stereocenters. The summed E-state index contributed by atoms with van der Waals surface area (Å²) in [7, 11) is 1.63. The van der Waals surface area contributed by atoms with Crippen LogP contribution in [0, 0.1) is 0 Å². The molecule has 0 aliphatic carbocycles. The van der Waals surface area contributed by atoms with Gasteiger partial charge in [-0.3, -0.25) is 9.78 Å². The van der Waals surface area contributed by atoms with Crippen LogP contribution in [-0.2, 0) is 4.79 Å². The summed E-state index contributed by atoms with van der Waals surface area (Å²) in [5.74, 6) is 3.04. The molecule has 8 heteroatoms. The molecule has 0 spiro atoms. The van der Waals surface area contributed by atoms with Crippen LogP contribution in [0.5, 0.6) is 11.5 Å². The Morgan fingerprint density at radius 1 is 1.21 bits per heavy atom. The summed E-state index contributed by atoms with van der Waals surface area (Å²) in [6, 6.07) is 11.5. The van der Waals surface area contributed by atoms with Gasteiger partial charge in [-0.25, -0.2) is 9.97 Å². The Hall–Kier alpha value is -3.94. The zero-order valence-corrected chi connectivity index (χ0v) is 18.4. The summed E-state index contributed by atoms with van der Waals surface area (Å²) in [6.07, 6.45) is 8.75. The number of carbonyl (C=O) groups is 1. The number of benzene rings is 1. The standard InChI is InChI=1S/C25H25N5O3/c1-32-20-7-8-22-18(13-20)12-19(16-33-22)25(31)30-11-3-4-17(15-30)21-5-2-6-23(28-21)29-24-14-26-9-10-27-24/h2,5-10,12-14,17H,3-4,11,15-16H2,1H3,(H,27,28,29)/t17-/m0/s1. The highest BCUT2D eigenvalue weighted by atomic mass is 16.5. The molecule has 2 aliphatic rings. The molecule has 1 fully saturated rings. The number of amides is 1. The SMILES string of the molecule is COc1ccc2c(c1)C=C(C(=O)N1CCC[C@H](c3cccc(Nc4cnccn4)n3)C1)CO2. The molecule has 0 radical (unpaired) electrons. The number of pyridine rings is 1. The number of nitrogens with zero attached hydrogens (tertiary/aromatic N) is 4. The molecule has 1 N–H and O–H groups in total. The number of anilines is 2. The van der Waals surface area contributed by atoms with E-state index in [1.165, 1.54) is 0 Å². The van der Waals surface area contributed by atoms with Crippen molar-refractivity contribution in [2.75, 3.05) is 32.1 Å². The first-order valence-electron chi connectivity index (χ1n) is 11.0. The van der Waals surface area contributed by atoms with Gasteiger partial charge in [-0.1, -0.05) is 6.07 Å². The van der Waals surface area contributed by atoms with Gasteiger partial charge in [0, 0.05) is 42.7 Å². The fraction of sp³-hybridized carbons (Fsp3) is 0.280. The van der Waals surface area contributed by atoms with Gasteiger partial charge in [-0.2, -0.15) is 0 Å². The number of carbonyl (C=O) groups excluding carboxylic acids is 1. The third-order valence-electron chi connectivity index (χ3n) is 5.92. The van der Waals surface area contributed by atoms with Crippen molar-refractivity contribution < 1.29 is 14.3 Å². The van der Waals surface area contributed by atoms with E-state index < -0.39 is 0 Å². The van der Waals surface area contributed by atoms with E-state index >= 15 is 0 Å². The number of piperidine rings is 1. The molecular weight excluding hydrogens is 418 g/mol. The highest BCUT2D eigenvalue weighted by molar-refractivity contribution is 5.99. The summed E-state index contributed by atoms with van der Waals surface area (Å²) in [5, 5.41) is 3.19. The molecule has 2 aromatic heterocycles. The van der Waals surface area contributed by atoms with Crippen LogP contribution < -0.4 is 14.8 Å². The van der Waals surface area contributed by atoms with E-state index in [0.29, 0.717) is 23.8 Å². The second-order valence-electron chi connectivity index (χ2n) is 8.12. The van der Waals surface area contributed by atoms with Gasteiger partial charge in [0.05, 0.1) is 18.9 Å². The third-order valence-corrected chi connectivity index (χ3v) is 5.92. The van der Waals surface area contributed by atoms with E-state index in [2.05, 4.69) is 15.3 Å². The van der Waals surface area contributed by atoms with Crippen LogP contribution in [0.1, 0.15) is 30.0 Å². The monoisotopic (exact) mass is 443 g/mol. The lowest BCUT2D eigenvalue weighted by Gasteiger charge is -2.33. The lowest BCUT2D eigenvalue weighted by Crippen LogP contribution is -2.41. The molecule has 5 rings (SSSR count). The number of hydrogen-bond acceptors (Lipinski definition) is 7. The number of aromatic nitrogens is 3. The van der Waals surface area contributed by atoms with Crippen molar-refractivity contribution in [1.29, 1.82) is 0 Å². The quantitative estimate of drug-likeness (QED) is 0.641. The van der Waals surface area contributed by atoms with Crippen molar-refractivity contribution in [1.82, 2.24) is 19.9 Å². The molecule has 2 aliphatic heterocycles. The van der Waals surface area contributed by atoms with Crippen LogP contribution in [0.2, 0.25) is 0 Å². The Kier molecular flexibility index (Phi) is 5.89. The molecule has 0 unspecified atom stereocenters. The van der Waals surface area contributed by atoms with Crippen LogP contribution in [-0.4, -0.2) is 52.6 Å². The summed E-state index contributed by atoms with van der Waals surface area (Å²) in [5.41, 5.74) is 2.48. The normalized spacial score (nSPS) is 17.4. The number of methoxy groups -OCH3 is 1. The number of rotatable bonds is 5. The molecule has 1 aromatic carbocycles. The molecule has 4 heterocycles. The van der Waals surface area contributed by atoms with Crippen LogP contribution in [0.25, 0.3) is 6.08 Å². The topological polar surface area (TPSA) is 89.5 Å². The summed E-state index contributed by atoms with van der Waals surface area (Å²) in [4.78, 5) is 28.3. The van der Waals surface area contributed by atoms with Crippen molar-refractivity contribution in [2.24, 2.45) is 0 Å². The van der Waals surface area contributed by atoms with E-state index in [-0.39, 0.29) is 18.4 Å². The average Bonchev–Trinajstić information content (AvgIpc) is 2.88. The van der Waals surface area contributed by atoms with E-state index in [9.17, 15) is 4.79 Å². The Morgan fingerprint density at radius 3 is 3.00 bits per heavy atom. The lowest BCUT2D eigenvalue weighted by atomic mass is 9.93. The maximum Gasteiger partial charge on any atom is 0.253 e. The molecule has 0 bridgehead atoms. The van der Waals surface area contributed by atoms with Crippen molar-refractivity contribution in [2.45, 2.75) is 18.8 Å². The van der Waals surface area contributed by atoms with Crippen molar-refractivity contribution >= 4 is 23.6 Å². The summed E-state index contributed by atoms with van der Waals surface area (Å²) < 4.78 is 11.1. The molecule has 3 aromatic rings. The van der Waals surface area contributed by atoms with Crippen molar-refractivity contribution in [3.63, 3.8) is 0 Å². The summed E-state index contributed by atoms with van der Waals surface area (Å²) in [6.45, 7) is 1.63. The zero-order chi connectivity index (χ0) is 22.6. The van der Waals surface area contributed by atoms with E-state index in [1.807, 2.05) is 47.4 Å². The highest BCUT2D eigenvalue weighted by Gasteiger charge is 2.29. The fourth-order valence-electron chi connectivity index (χ4n) is 4.26. The largest absolute Gasteiger partial charge is 0.497 e. The lowest BCUT2D eigenvalue weighted by molar-refractivity contribution is -0.128. The highest BCUT2D eigenvalue weighted by Crippen LogP contribution is 2.32. The number of hydrogen-bond donors (Lipinski definition) is 1. The van der Waals surface area contributed by atoms with Crippen molar-refractivity contribution in [3.05, 3.63) is 71.8 Å². The minimum Gasteiger partial charge on any atom is -0.497 e. The number of fused-ring (bicyclic) bond motifs is 1. The molecule has 0 saturated carbocycles. The molecule has 1 amide bonds. The van der Waals surface area contributed by atoms with Gasteiger partial charge >= 0.3 is 0 Å². The fourth-order valence-corrected chi connectivity index (χ4v) is 4.26. The molecule has 8 nitrogen and oxygen atoms in total. The Morgan fingerprint density at radius 2 is 2.15 bits per heavy atom. The van der Waals surface area contributed by atoms with Gasteiger partial charge < -0.3 is 19.7 Å². The van der Waals surface area contributed by atoms with E-state index in [1.54, 1.807) is 25.7 Å². The van der Waals surface area contributed by atoms with E-state index in [4.69, 9.17) is 14.5 Å². The van der Waals surface area contributed by atoms with Gasteiger partial charge in [0.25, 0.3) is 5.91 Å². The Balaban J connectivity index is 1.30. The predicted octanol–water partition coefficient (Wildman–Crippen LogP) is 3.81. The second-order valence-corrected chi connectivity index (χ2v) is 8.12. The van der Waals surface area contributed by atoms with Gasteiger partial charge in [0.2, 0.25) is 0 Å². The van der Waals surface area contributed by atoms with Crippen LogP contribution in [0.15, 0.2) is 60.6 Å². The molecule has 33 heavy (non-hydrogen) atoms. The molecule has 168 valence electrons. The number of nitrogens with one attached hydrogen (secondary N) is 1. The maximum atomic E-state index is 13.3. The van der Waals surface area contributed by atoms with Crippen molar-refractivity contribution in [3.8, 4) is 11.5 Å². The molecular formula is C25H25N5O3. The smallest absolute Gasteiger partial charge is 0.253 e. The van der Waals surface area contributed by atoms with Crippen LogP contribution >= 0.6 is 0 Å². The number of likely N-dealkylation sites (tertiary alicyclic amines) is 1. The van der Waals surface area contributed by atoms with Gasteiger partial charge in [-0.05, 0) is 49.2 Å².